The zero-order valence-corrected chi connectivity index (χ0v) is 17.4. The SMILES string of the molecule is CSCCC(N)C(=O)NC(CO)C(=O)NC(CS)C(=O)NC(CS)C(=O)O. The van der Waals surface area contributed by atoms with Crippen LogP contribution in [0, 0.1) is 0 Å². The van der Waals surface area contributed by atoms with Crippen molar-refractivity contribution in [3.05, 3.63) is 0 Å². The molecule has 156 valence electrons. The largest absolute Gasteiger partial charge is 0.480 e. The molecular weight excluding hydrogens is 416 g/mol. The number of carbonyl (C=O) groups excluding carboxylic acids is 3. The Morgan fingerprint density at radius 1 is 0.963 bits per heavy atom. The molecule has 10 nitrogen and oxygen atoms in total. The lowest BCUT2D eigenvalue weighted by Gasteiger charge is -2.23. The Bertz CT molecular complexity index is 525. The van der Waals surface area contributed by atoms with E-state index in [9.17, 15) is 24.3 Å². The Morgan fingerprint density at radius 3 is 1.89 bits per heavy atom. The summed E-state index contributed by atoms with van der Waals surface area (Å²) in [5.41, 5.74) is 5.70. The molecule has 4 atom stereocenters. The quantitative estimate of drug-likeness (QED) is 0.144. The van der Waals surface area contributed by atoms with Crippen molar-refractivity contribution < 1.29 is 29.4 Å². The van der Waals surface area contributed by atoms with Crippen LogP contribution in [0.25, 0.3) is 0 Å². The van der Waals surface area contributed by atoms with Gasteiger partial charge in [0.1, 0.15) is 18.1 Å². The van der Waals surface area contributed by atoms with E-state index in [1.807, 2.05) is 6.26 Å². The van der Waals surface area contributed by atoms with E-state index in [1.54, 1.807) is 0 Å². The molecular formula is C14H26N4O6S3. The van der Waals surface area contributed by atoms with Gasteiger partial charge >= 0.3 is 5.97 Å². The molecule has 0 aromatic rings. The van der Waals surface area contributed by atoms with Gasteiger partial charge in [-0.15, -0.1) is 0 Å². The number of aliphatic hydroxyl groups is 1. The number of nitrogens with two attached hydrogens (primary N) is 1. The molecule has 0 aliphatic heterocycles. The maximum Gasteiger partial charge on any atom is 0.327 e. The van der Waals surface area contributed by atoms with Crippen molar-refractivity contribution in [3.8, 4) is 0 Å². The molecule has 0 heterocycles. The second-order valence-electron chi connectivity index (χ2n) is 5.46. The number of aliphatic carboxylic acids is 1. The number of thiol groups is 2. The lowest BCUT2D eigenvalue weighted by Crippen LogP contribution is -2.58. The maximum absolute atomic E-state index is 12.2. The molecule has 0 radical (unpaired) electrons. The van der Waals surface area contributed by atoms with Gasteiger partial charge < -0.3 is 31.9 Å². The summed E-state index contributed by atoms with van der Waals surface area (Å²) < 4.78 is 0. The minimum atomic E-state index is -1.31. The van der Waals surface area contributed by atoms with Crippen LogP contribution in [-0.2, 0) is 19.2 Å². The standard InChI is InChI=1S/C14H26N4O6S3/c1-27-3-2-7(15)11(20)16-8(4-19)12(21)17-9(5-25)13(22)18-10(6-26)14(23)24/h7-10,19,25-26H,2-6,15H2,1H3,(H,16,20)(H,17,21)(H,18,22)(H,23,24). The van der Waals surface area contributed by atoms with Gasteiger partial charge in [-0.25, -0.2) is 4.79 Å². The third kappa shape index (κ3) is 9.55. The summed E-state index contributed by atoms with van der Waals surface area (Å²) in [6, 6.07) is -4.55. The number of rotatable bonds is 13. The Hall–Kier alpha value is -1.15. The number of carbonyl (C=O) groups is 4. The molecule has 4 unspecified atom stereocenters. The van der Waals surface area contributed by atoms with Crippen molar-refractivity contribution in [2.24, 2.45) is 5.73 Å². The summed E-state index contributed by atoms with van der Waals surface area (Å²) >= 11 is 9.30. The van der Waals surface area contributed by atoms with Gasteiger partial charge in [-0.2, -0.15) is 37.0 Å². The third-order valence-corrected chi connectivity index (χ3v) is 4.77. The van der Waals surface area contributed by atoms with Gasteiger partial charge in [-0.1, -0.05) is 0 Å². The maximum atomic E-state index is 12.2. The molecule has 0 fully saturated rings. The van der Waals surface area contributed by atoms with Crippen molar-refractivity contribution in [3.63, 3.8) is 0 Å². The number of hydrogen-bond donors (Lipinski definition) is 8. The zero-order chi connectivity index (χ0) is 21.0. The van der Waals surface area contributed by atoms with Crippen LogP contribution in [0.4, 0.5) is 0 Å². The molecule has 0 spiro atoms. The molecule has 3 amide bonds. The third-order valence-electron chi connectivity index (χ3n) is 3.40. The first-order chi connectivity index (χ1) is 12.7. The first kappa shape index (κ1) is 25.9. The normalized spacial score (nSPS) is 15.1. The molecule has 0 saturated heterocycles. The van der Waals surface area contributed by atoms with Gasteiger partial charge in [-0.05, 0) is 18.4 Å². The van der Waals surface area contributed by atoms with E-state index in [2.05, 4.69) is 41.2 Å². The van der Waals surface area contributed by atoms with E-state index in [0.29, 0.717) is 12.2 Å². The van der Waals surface area contributed by atoms with E-state index >= 15 is 0 Å². The second kappa shape index (κ2) is 13.9. The highest BCUT2D eigenvalue weighted by molar-refractivity contribution is 7.98. The van der Waals surface area contributed by atoms with E-state index < -0.39 is 54.5 Å². The fourth-order valence-corrected chi connectivity index (χ4v) is 2.77. The lowest BCUT2D eigenvalue weighted by molar-refractivity contribution is -0.141. The minimum absolute atomic E-state index is 0.129. The number of carboxylic acids is 1. The smallest absolute Gasteiger partial charge is 0.327 e. The molecule has 0 saturated carbocycles. The second-order valence-corrected chi connectivity index (χ2v) is 7.17. The number of nitrogens with one attached hydrogen (secondary N) is 3. The lowest BCUT2D eigenvalue weighted by atomic mass is 10.2. The van der Waals surface area contributed by atoms with Crippen LogP contribution in [0.2, 0.25) is 0 Å². The summed E-state index contributed by atoms with van der Waals surface area (Å²) in [5.74, 6) is -3.10. The van der Waals surface area contributed by atoms with Gasteiger partial charge in [0.2, 0.25) is 17.7 Å². The van der Waals surface area contributed by atoms with Crippen molar-refractivity contribution in [1.82, 2.24) is 16.0 Å². The monoisotopic (exact) mass is 442 g/mol. The highest BCUT2D eigenvalue weighted by Crippen LogP contribution is 2.00. The summed E-state index contributed by atoms with van der Waals surface area (Å²) in [5, 5.41) is 25.1. The van der Waals surface area contributed by atoms with Crippen molar-refractivity contribution in [2.45, 2.75) is 30.6 Å². The van der Waals surface area contributed by atoms with E-state index in [1.165, 1.54) is 11.8 Å². The molecule has 0 aromatic heterocycles. The molecule has 0 aliphatic rings. The highest BCUT2D eigenvalue weighted by atomic mass is 32.2. The van der Waals surface area contributed by atoms with Crippen LogP contribution in [0.1, 0.15) is 6.42 Å². The fourth-order valence-electron chi connectivity index (χ4n) is 1.77. The molecule has 27 heavy (non-hydrogen) atoms. The van der Waals surface area contributed by atoms with Gasteiger partial charge in [-0.3, -0.25) is 14.4 Å². The van der Waals surface area contributed by atoms with Crippen molar-refractivity contribution >= 4 is 60.7 Å². The Labute approximate surface area is 172 Å². The Balaban J connectivity index is 4.83. The number of hydrogen-bond acceptors (Lipinski definition) is 9. The van der Waals surface area contributed by atoms with Crippen LogP contribution in [-0.4, -0.2) is 88.2 Å². The molecule has 0 rings (SSSR count). The number of thioether (sulfide) groups is 1. The molecule has 0 bridgehead atoms. The highest BCUT2D eigenvalue weighted by Gasteiger charge is 2.29. The van der Waals surface area contributed by atoms with E-state index in [0.717, 1.165) is 0 Å². The first-order valence-electron chi connectivity index (χ1n) is 7.92. The Morgan fingerprint density at radius 2 is 1.44 bits per heavy atom. The van der Waals surface area contributed by atoms with Crippen LogP contribution in [0.3, 0.4) is 0 Å². The predicted molar refractivity (Wildman–Crippen MR) is 109 cm³/mol. The Kier molecular flexibility index (Phi) is 13.3. The van der Waals surface area contributed by atoms with E-state index in [-0.39, 0.29) is 11.5 Å². The van der Waals surface area contributed by atoms with Crippen molar-refractivity contribution in [1.29, 1.82) is 0 Å². The predicted octanol–water partition coefficient (Wildman–Crippen LogP) is -2.54. The van der Waals surface area contributed by atoms with Crippen LogP contribution in [0.15, 0.2) is 0 Å². The summed E-state index contributed by atoms with van der Waals surface area (Å²) in [4.78, 5) is 47.2. The summed E-state index contributed by atoms with van der Waals surface area (Å²) in [6.45, 7) is -0.706. The summed E-state index contributed by atoms with van der Waals surface area (Å²) in [7, 11) is 0. The van der Waals surface area contributed by atoms with Crippen LogP contribution < -0.4 is 21.7 Å². The number of amides is 3. The molecule has 13 heteroatoms. The fraction of sp³-hybridized carbons (Fsp3) is 0.714. The van der Waals surface area contributed by atoms with Crippen LogP contribution >= 0.6 is 37.0 Å². The van der Waals surface area contributed by atoms with Crippen LogP contribution in [0.5, 0.6) is 0 Å². The van der Waals surface area contributed by atoms with Gasteiger partial charge in [0.15, 0.2) is 0 Å². The molecule has 0 aromatic carbocycles. The summed E-state index contributed by atoms with van der Waals surface area (Å²) in [6.07, 6.45) is 2.26. The van der Waals surface area contributed by atoms with Gasteiger partial charge in [0, 0.05) is 11.5 Å². The average molecular weight is 443 g/mol. The molecule has 0 aliphatic carbocycles. The van der Waals surface area contributed by atoms with E-state index in [4.69, 9.17) is 10.8 Å². The average Bonchev–Trinajstić information content (AvgIpc) is 2.65. The first-order valence-corrected chi connectivity index (χ1v) is 10.6. The minimum Gasteiger partial charge on any atom is -0.480 e. The zero-order valence-electron chi connectivity index (χ0n) is 14.8. The molecule has 7 N–H and O–H groups in total. The van der Waals surface area contributed by atoms with Gasteiger partial charge in [0.25, 0.3) is 0 Å². The number of aliphatic hydroxyl groups excluding tert-OH is 1. The number of carboxylic acid groups (broad SMARTS) is 1. The van der Waals surface area contributed by atoms with Gasteiger partial charge in [0.05, 0.1) is 12.6 Å². The van der Waals surface area contributed by atoms with Crippen molar-refractivity contribution in [2.75, 3.05) is 30.1 Å². The topological polar surface area (TPSA) is 171 Å².